The first-order valence-corrected chi connectivity index (χ1v) is 5.14. The van der Waals surface area contributed by atoms with Gasteiger partial charge in [0.2, 0.25) is 0 Å². The summed E-state index contributed by atoms with van der Waals surface area (Å²) in [6, 6.07) is 3.47. The fourth-order valence-corrected chi connectivity index (χ4v) is 1.31. The Morgan fingerprint density at radius 1 is 1.60 bits per heavy atom. The lowest BCUT2D eigenvalue weighted by atomic mass is 10.2. The lowest BCUT2D eigenvalue weighted by Gasteiger charge is -2.22. The number of nitrogens with zero attached hydrogens (tertiary/aromatic N) is 2. The van der Waals surface area contributed by atoms with E-state index in [0.29, 0.717) is 17.4 Å². The third-order valence-electron chi connectivity index (χ3n) is 2.36. The van der Waals surface area contributed by atoms with Gasteiger partial charge >= 0.3 is 0 Å². The van der Waals surface area contributed by atoms with E-state index in [0.717, 1.165) is 5.69 Å². The smallest absolute Gasteiger partial charge is 0.123 e. The summed E-state index contributed by atoms with van der Waals surface area (Å²) < 4.78 is 0. The van der Waals surface area contributed by atoms with Crippen molar-refractivity contribution in [3.63, 3.8) is 0 Å². The number of rotatable bonds is 4. The summed E-state index contributed by atoms with van der Waals surface area (Å²) in [7, 11) is 1.90. The number of pyridine rings is 1. The zero-order valence-corrected chi connectivity index (χ0v) is 9.70. The Hall–Kier alpha value is -0.840. The van der Waals surface area contributed by atoms with Crippen LogP contribution in [0.1, 0.15) is 12.6 Å². The van der Waals surface area contributed by atoms with Crippen LogP contribution in [0.15, 0.2) is 12.1 Å². The number of aliphatic hydroxyl groups excluding tert-OH is 1. The fraction of sp³-hybridized carbons (Fsp3) is 0.500. The van der Waals surface area contributed by atoms with Gasteiger partial charge in [-0.15, -0.1) is 0 Å². The molecular formula is C10H16ClN3O. The minimum absolute atomic E-state index is 0.0734. The predicted molar refractivity (Wildman–Crippen MR) is 61.7 cm³/mol. The van der Waals surface area contributed by atoms with Crippen LogP contribution in [-0.4, -0.2) is 34.7 Å². The van der Waals surface area contributed by atoms with Crippen LogP contribution < -0.4 is 5.73 Å². The van der Waals surface area contributed by atoms with E-state index < -0.39 is 0 Å². The molecule has 0 saturated heterocycles. The molecule has 1 aromatic heterocycles. The maximum absolute atomic E-state index is 8.99. The molecular weight excluding hydrogens is 214 g/mol. The molecule has 3 N–H and O–H groups in total. The molecule has 1 aromatic rings. The van der Waals surface area contributed by atoms with Gasteiger partial charge in [-0.2, -0.15) is 0 Å². The average Bonchev–Trinajstić information content (AvgIpc) is 2.22. The van der Waals surface area contributed by atoms with Gasteiger partial charge in [0.15, 0.2) is 0 Å². The van der Waals surface area contributed by atoms with E-state index in [-0.39, 0.29) is 12.6 Å². The van der Waals surface area contributed by atoms with E-state index in [4.69, 9.17) is 22.4 Å². The van der Waals surface area contributed by atoms with Crippen LogP contribution in [-0.2, 0) is 6.54 Å². The quantitative estimate of drug-likeness (QED) is 0.813. The summed E-state index contributed by atoms with van der Waals surface area (Å²) in [5.41, 5.74) is 6.31. The molecule has 0 aliphatic carbocycles. The molecule has 0 bridgehead atoms. The lowest BCUT2D eigenvalue weighted by molar-refractivity contribution is 0.153. The van der Waals surface area contributed by atoms with Gasteiger partial charge in [0.1, 0.15) is 5.82 Å². The molecule has 1 atom stereocenters. The predicted octanol–water partition coefficient (Wildman–Crippen LogP) is 1.13. The zero-order chi connectivity index (χ0) is 11.4. The normalized spacial score (nSPS) is 13.1. The van der Waals surface area contributed by atoms with Crippen molar-refractivity contribution in [2.45, 2.75) is 19.5 Å². The SMILES string of the molecule is CC(CO)N(C)Cc1nc(N)ccc1Cl. The van der Waals surface area contributed by atoms with E-state index >= 15 is 0 Å². The minimum Gasteiger partial charge on any atom is -0.395 e. The summed E-state index contributed by atoms with van der Waals surface area (Å²) in [4.78, 5) is 6.12. The Labute approximate surface area is 94.7 Å². The Kier molecular flexibility index (Phi) is 4.32. The zero-order valence-electron chi connectivity index (χ0n) is 8.94. The molecule has 0 spiro atoms. The molecule has 0 radical (unpaired) electrons. The Balaban J connectivity index is 2.75. The number of anilines is 1. The van der Waals surface area contributed by atoms with Crippen LogP contribution in [0.3, 0.4) is 0 Å². The second-order valence-electron chi connectivity index (χ2n) is 3.61. The molecule has 1 heterocycles. The van der Waals surface area contributed by atoms with Crippen LogP contribution in [0.2, 0.25) is 5.02 Å². The van der Waals surface area contributed by atoms with Gasteiger partial charge in [0.05, 0.1) is 17.3 Å². The van der Waals surface area contributed by atoms with Crippen molar-refractivity contribution in [2.75, 3.05) is 19.4 Å². The standard InChI is InChI=1S/C10H16ClN3O/c1-7(6-15)14(2)5-9-8(11)3-4-10(12)13-9/h3-4,7,15H,5-6H2,1-2H3,(H2,12,13). The topological polar surface area (TPSA) is 62.4 Å². The Bertz CT molecular complexity index is 332. The highest BCUT2D eigenvalue weighted by Gasteiger charge is 2.11. The number of aliphatic hydroxyl groups is 1. The van der Waals surface area contributed by atoms with Crippen molar-refractivity contribution < 1.29 is 5.11 Å². The van der Waals surface area contributed by atoms with Gasteiger partial charge in [-0.05, 0) is 26.1 Å². The van der Waals surface area contributed by atoms with Gasteiger partial charge in [-0.25, -0.2) is 4.98 Å². The first kappa shape index (κ1) is 12.2. The highest BCUT2D eigenvalue weighted by atomic mass is 35.5. The van der Waals surface area contributed by atoms with Crippen molar-refractivity contribution >= 4 is 17.4 Å². The van der Waals surface area contributed by atoms with Crippen LogP contribution in [0.25, 0.3) is 0 Å². The van der Waals surface area contributed by atoms with E-state index in [9.17, 15) is 0 Å². The maximum atomic E-state index is 8.99. The van der Waals surface area contributed by atoms with Crippen LogP contribution >= 0.6 is 11.6 Å². The summed E-state index contributed by atoms with van der Waals surface area (Å²) >= 11 is 5.98. The van der Waals surface area contributed by atoms with Crippen LogP contribution in [0.5, 0.6) is 0 Å². The molecule has 0 aliphatic heterocycles. The fourth-order valence-electron chi connectivity index (χ4n) is 1.14. The number of likely N-dealkylation sites (N-methyl/N-ethyl adjacent to an activating group) is 1. The largest absolute Gasteiger partial charge is 0.395 e. The lowest BCUT2D eigenvalue weighted by Crippen LogP contribution is -2.31. The molecule has 84 valence electrons. The first-order valence-electron chi connectivity index (χ1n) is 4.76. The number of nitrogens with two attached hydrogens (primary N) is 1. The third kappa shape index (κ3) is 3.34. The molecule has 0 aromatic carbocycles. The number of hydrogen-bond acceptors (Lipinski definition) is 4. The van der Waals surface area contributed by atoms with Gasteiger partial charge < -0.3 is 10.8 Å². The monoisotopic (exact) mass is 229 g/mol. The van der Waals surface area contributed by atoms with Crippen LogP contribution in [0.4, 0.5) is 5.82 Å². The van der Waals surface area contributed by atoms with Crippen molar-refractivity contribution in [1.82, 2.24) is 9.88 Å². The highest BCUT2D eigenvalue weighted by molar-refractivity contribution is 6.31. The summed E-state index contributed by atoms with van der Waals surface area (Å²) in [6.45, 7) is 2.61. The average molecular weight is 230 g/mol. The third-order valence-corrected chi connectivity index (χ3v) is 2.70. The second-order valence-corrected chi connectivity index (χ2v) is 4.02. The summed E-state index contributed by atoms with van der Waals surface area (Å²) in [6.07, 6.45) is 0. The molecule has 0 fully saturated rings. The number of hydrogen-bond donors (Lipinski definition) is 2. The van der Waals surface area contributed by atoms with Gasteiger partial charge in [-0.3, -0.25) is 4.90 Å². The van der Waals surface area contributed by atoms with E-state index in [1.807, 2.05) is 18.9 Å². The Morgan fingerprint density at radius 2 is 2.27 bits per heavy atom. The first-order chi connectivity index (χ1) is 7.04. The van der Waals surface area contributed by atoms with E-state index in [2.05, 4.69) is 4.98 Å². The van der Waals surface area contributed by atoms with Crippen molar-refractivity contribution in [3.8, 4) is 0 Å². The summed E-state index contributed by atoms with van der Waals surface area (Å²) in [5, 5.41) is 9.59. The molecule has 5 heteroatoms. The number of halogens is 1. The van der Waals surface area contributed by atoms with Gasteiger partial charge in [0.25, 0.3) is 0 Å². The summed E-state index contributed by atoms with van der Waals surface area (Å²) in [5.74, 6) is 0.458. The molecule has 1 unspecified atom stereocenters. The van der Waals surface area contributed by atoms with E-state index in [1.54, 1.807) is 12.1 Å². The van der Waals surface area contributed by atoms with E-state index in [1.165, 1.54) is 0 Å². The molecule has 0 aliphatic rings. The molecule has 4 nitrogen and oxygen atoms in total. The molecule has 0 amide bonds. The van der Waals surface area contributed by atoms with Gasteiger partial charge in [-0.1, -0.05) is 11.6 Å². The van der Waals surface area contributed by atoms with Crippen molar-refractivity contribution in [1.29, 1.82) is 0 Å². The second kappa shape index (κ2) is 5.30. The molecule has 1 rings (SSSR count). The van der Waals surface area contributed by atoms with Gasteiger partial charge in [0, 0.05) is 12.6 Å². The van der Waals surface area contributed by atoms with Crippen LogP contribution in [0, 0.1) is 0 Å². The van der Waals surface area contributed by atoms with Crippen molar-refractivity contribution in [3.05, 3.63) is 22.8 Å². The minimum atomic E-state index is 0.0734. The molecule has 15 heavy (non-hydrogen) atoms. The number of aromatic nitrogens is 1. The highest BCUT2D eigenvalue weighted by Crippen LogP contribution is 2.17. The Morgan fingerprint density at radius 3 is 2.87 bits per heavy atom. The maximum Gasteiger partial charge on any atom is 0.123 e. The molecule has 0 saturated carbocycles. The van der Waals surface area contributed by atoms with Crippen molar-refractivity contribution in [2.24, 2.45) is 0 Å². The number of nitrogen functional groups attached to an aromatic ring is 1.